The molecule has 0 saturated heterocycles. The first kappa shape index (κ1) is 64.2. The molecule has 0 aliphatic carbocycles. The number of anilines is 1. The Morgan fingerprint density at radius 1 is 0.800 bits per heavy atom. The molecule has 2 N–H and O–H groups in total. The molecule has 0 bridgehead atoms. The van der Waals surface area contributed by atoms with Crippen molar-refractivity contribution in [1.82, 2.24) is 0 Å². The lowest BCUT2D eigenvalue weighted by Crippen LogP contribution is -2.09. The summed E-state index contributed by atoms with van der Waals surface area (Å²) in [5.74, 6) is 2.24. The van der Waals surface area contributed by atoms with Crippen LogP contribution in [-0.4, -0.2) is 28.9 Å². The Morgan fingerprint density at radius 3 is 1.77 bits per heavy atom. The molecule has 0 fully saturated rings. The number of nitrogens with one attached hydrogen (secondary N) is 1. The standard InChI is InChI=1S/C34H39FN2O2.C9H18O.C8H18.C5H12.CH2O2/c1-9-12-14-15-31-33(39-23(4)5)20-19-29(34(31)35)24(6)22-36-25(7)32(16-13-10-2)37-28-17-18-30(26(8)38)27(11-3)21-28;1-4-6-9(7-5-2)8(3)10;1-4-7-8(5-2)6-3;1-3-5-4-2;2-1-3/h9-10,12-22,37H,4,11H2,1-3,5-8H3;9H,4-7H2,1-3H3;8H,4-7H2,1-3H3;3-5H2,1-2H3;1H,(H,2,3)/b12-9-,13-10-,15-14-,24-22+,32-16+,36-25+;;;;. The van der Waals surface area contributed by atoms with Gasteiger partial charge in [-0.2, -0.15) is 0 Å². The van der Waals surface area contributed by atoms with Crippen LogP contribution in [0.25, 0.3) is 11.6 Å². The maximum atomic E-state index is 15.6. The molecule has 0 radical (unpaired) electrons. The van der Waals surface area contributed by atoms with Gasteiger partial charge >= 0.3 is 0 Å². The lowest BCUT2D eigenvalue weighted by Gasteiger charge is -2.14. The van der Waals surface area contributed by atoms with Gasteiger partial charge in [0.25, 0.3) is 6.47 Å². The third kappa shape index (κ3) is 29.9. The second-order valence-corrected chi connectivity index (χ2v) is 15.9. The maximum Gasteiger partial charge on any atom is 0.290 e. The molecule has 2 aromatic carbocycles. The number of ether oxygens (including phenoxy) is 1. The second-order valence-electron chi connectivity index (χ2n) is 15.9. The number of benzene rings is 2. The lowest BCUT2D eigenvalue weighted by molar-refractivity contribution is -0.123. The summed E-state index contributed by atoms with van der Waals surface area (Å²) < 4.78 is 21.3. The van der Waals surface area contributed by atoms with Gasteiger partial charge in [-0.25, -0.2) is 4.39 Å². The number of hydrogen-bond acceptors (Lipinski definition) is 6. The third-order valence-corrected chi connectivity index (χ3v) is 10.3. The monoisotopic (exact) mass is 901 g/mol. The Balaban J connectivity index is -0.00000119. The minimum absolute atomic E-state index is 0.0494. The number of unbranched alkanes of at least 4 members (excludes halogenated alkanes) is 2. The molecule has 0 aromatic heterocycles. The largest absolute Gasteiger partial charge is 0.483 e. The zero-order chi connectivity index (χ0) is 50.2. The van der Waals surface area contributed by atoms with E-state index in [1.165, 1.54) is 44.9 Å². The first-order chi connectivity index (χ1) is 31.0. The van der Waals surface area contributed by atoms with Crippen LogP contribution in [0.4, 0.5) is 10.1 Å². The van der Waals surface area contributed by atoms with Crippen LogP contribution in [-0.2, 0) is 16.0 Å². The molecule has 0 spiro atoms. The van der Waals surface area contributed by atoms with Crippen molar-refractivity contribution in [2.24, 2.45) is 16.8 Å². The number of rotatable bonds is 23. The molecule has 2 rings (SSSR count). The van der Waals surface area contributed by atoms with E-state index in [1.54, 1.807) is 51.3 Å². The van der Waals surface area contributed by atoms with Gasteiger partial charge < -0.3 is 15.2 Å². The topological polar surface area (TPSA) is 105 Å². The van der Waals surface area contributed by atoms with Crippen LogP contribution in [0.1, 0.15) is 202 Å². The molecule has 8 heteroatoms. The molecule has 0 atom stereocenters. The minimum Gasteiger partial charge on any atom is -0.483 e. The van der Waals surface area contributed by atoms with Crippen LogP contribution >= 0.6 is 0 Å². The molecule has 2 aromatic rings. The fourth-order valence-electron chi connectivity index (χ4n) is 6.52. The zero-order valence-corrected chi connectivity index (χ0v) is 43.3. The van der Waals surface area contributed by atoms with Gasteiger partial charge in [-0.05, 0) is 127 Å². The number of nitrogens with zero attached hydrogens (tertiary/aromatic N) is 1. The normalized spacial score (nSPS) is 11.6. The van der Waals surface area contributed by atoms with Crippen LogP contribution in [0.5, 0.6) is 5.75 Å². The van der Waals surface area contributed by atoms with Crippen molar-refractivity contribution in [3.05, 3.63) is 119 Å². The van der Waals surface area contributed by atoms with Crippen molar-refractivity contribution >= 4 is 41.1 Å². The van der Waals surface area contributed by atoms with Crippen LogP contribution in [0, 0.1) is 17.7 Å². The average molecular weight is 901 g/mol. The Kier molecular flexibility index (Phi) is 41.1. The molecular weight excluding hydrogens is 812 g/mol. The van der Waals surface area contributed by atoms with E-state index in [-0.39, 0.29) is 12.3 Å². The number of Topliss-reactive ketones (excluding diaryl/α,β-unsaturated/α-hetero) is 2. The molecule has 65 heavy (non-hydrogen) atoms. The number of ketones is 2. The van der Waals surface area contributed by atoms with Crippen LogP contribution < -0.4 is 10.1 Å². The predicted molar refractivity (Wildman–Crippen MR) is 282 cm³/mol. The highest BCUT2D eigenvalue weighted by Gasteiger charge is 2.15. The van der Waals surface area contributed by atoms with E-state index < -0.39 is 5.82 Å². The van der Waals surface area contributed by atoms with Gasteiger partial charge in [0, 0.05) is 28.9 Å². The van der Waals surface area contributed by atoms with Crippen molar-refractivity contribution in [2.45, 2.75) is 181 Å². The number of aliphatic imine (C=N–C) groups is 1. The molecule has 7 nitrogen and oxygen atoms in total. The highest BCUT2D eigenvalue weighted by molar-refractivity contribution is 6.02. The fourth-order valence-corrected chi connectivity index (χ4v) is 6.52. The van der Waals surface area contributed by atoms with Crippen LogP contribution in [0.3, 0.4) is 0 Å². The molecule has 0 aliphatic rings. The summed E-state index contributed by atoms with van der Waals surface area (Å²) >= 11 is 0. The molecule has 0 saturated carbocycles. The molecule has 364 valence electrons. The van der Waals surface area contributed by atoms with Gasteiger partial charge in [-0.15, -0.1) is 0 Å². The van der Waals surface area contributed by atoms with Crippen molar-refractivity contribution in [1.29, 1.82) is 0 Å². The Morgan fingerprint density at radius 2 is 1.35 bits per heavy atom. The summed E-state index contributed by atoms with van der Waals surface area (Å²) in [5.41, 5.74) is 5.52. The highest BCUT2D eigenvalue weighted by Crippen LogP contribution is 2.31. The van der Waals surface area contributed by atoms with Gasteiger partial charge in [0.15, 0.2) is 5.78 Å². The second kappa shape index (κ2) is 41.6. The van der Waals surface area contributed by atoms with E-state index >= 15 is 4.39 Å². The number of carbonyl (C=O) groups is 3. The number of halogens is 1. The van der Waals surface area contributed by atoms with E-state index in [0.717, 1.165) is 66.2 Å². The first-order valence-corrected chi connectivity index (χ1v) is 24.0. The van der Waals surface area contributed by atoms with Gasteiger partial charge in [-0.1, -0.05) is 150 Å². The Bertz CT molecular complexity index is 1820. The fraction of sp³-hybridized carbons (Fsp3) is 0.509. The number of carbonyl (C=O) groups excluding carboxylic acids is 2. The van der Waals surface area contributed by atoms with E-state index in [4.69, 9.17) is 14.6 Å². The number of allylic oxidation sites excluding steroid dienone is 9. The van der Waals surface area contributed by atoms with E-state index in [1.807, 2.05) is 83.2 Å². The summed E-state index contributed by atoms with van der Waals surface area (Å²) in [6, 6.07) is 9.15. The summed E-state index contributed by atoms with van der Waals surface area (Å²) in [4.78, 5) is 35.9. The van der Waals surface area contributed by atoms with Crippen LogP contribution in [0.15, 0.2) is 96.0 Å². The minimum atomic E-state index is -0.392. The van der Waals surface area contributed by atoms with Gasteiger partial charge in [-0.3, -0.25) is 19.4 Å². The van der Waals surface area contributed by atoms with E-state index in [0.29, 0.717) is 39.9 Å². The van der Waals surface area contributed by atoms with Crippen molar-refractivity contribution in [3.8, 4) is 5.75 Å². The summed E-state index contributed by atoms with van der Waals surface area (Å²) in [5, 5.41) is 10.3. The van der Waals surface area contributed by atoms with E-state index in [2.05, 4.69) is 65.4 Å². The summed E-state index contributed by atoms with van der Waals surface area (Å²) in [7, 11) is 0. The molecule has 0 heterocycles. The molecule has 0 aliphatic heterocycles. The highest BCUT2D eigenvalue weighted by atomic mass is 19.1. The SMILES string of the molecule is C=C(C)Oc1ccc(/C(C)=C/N=C(C)/C(=C\C=C/C)Nc2ccc(C(C)=O)c(CC)c2)c(F)c1/C=C\C=C/C.CCCC(CC)CC.CCCC(CCC)C(C)=O.CCCCC.O=CO. The van der Waals surface area contributed by atoms with E-state index in [9.17, 15) is 9.59 Å². The Labute approximate surface area is 396 Å². The third-order valence-electron chi connectivity index (χ3n) is 10.3. The van der Waals surface area contributed by atoms with Gasteiger partial charge in [0.1, 0.15) is 17.3 Å². The predicted octanol–water partition coefficient (Wildman–Crippen LogP) is 17.4. The number of aryl methyl sites for hydroxylation is 1. The maximum absolute atomic E-state index is 15.6. The summed E-state index contributed by atoms with van der Waals surface area (Å²) in [6.45, 7) is 33.6. The zero-order valence-electron chi connectivity index (χ0n) is 43.3. The van der Waals surface area contributed by atoms with Crippen molar-refractivity contribution in [3.63, 3.8) is 0 Å². The number of carboxylic acid groups (broad SMARTS) is 1. The van der Waals surface area contributed by atoms with Gasteiger partial charge in [0.2, 0.25) is 0 Å². The summed E-state index contributed by atoms with van der Waals surface area (Å²) in [6.07, 6.45) is 29.3. The average Bonchev–Trinajstić information content (AvgIpc) is 3.27. The smallest absolute Gasteiger partial charge is 0.290 e. The quantitative estimate of drug-likeness (QED) is 0.0378. The number of hydrogen-bond donors (Lipinski definition) is 2. The van der Waals surface area contributed by atoms with Crippen molar-refractivity contribution < 1.29 is 28.6 Å². The Hall–Kier alpha value is -5.11. The van der Waals surface area contributed by atoms with Crippen molar-refractivity contribution in [2.75, 3.05) is 5.32 Å². The van der Waals surface area contributed by atoms with Gasteiger partial charge in [0.05, 0.1) is 22.7 Å². The lowest BCUT2D eigenvalue weighted by atomic mass is 9.95. The first-order valence-electron chi connectivity index (χ1n) is 24.0. The molecular formula is C57H89FN2O5. The molecule has 0 unspecified atom stereocenters. The van der Waals surface area contributed by atoms with Crippen LogP contribution in [0.2, 0.25) is 0 Å². The molecule has 0 amide bonds.